The van der Waals surface area contributed by atoms with Gasteiger partial charge in [-0.25, -0.2) is 13.1 Å². The predicted octanol–water partition coefficient (Wildman–Crippen LogP) is 2.36. The molecule has 0 amide bonds. The Hall–Kier alpha value is -1.13. The Kier molecular flexibility index (Phi) is 5.76. The summed E-state index contributed by atoms with van der Waals surface area (Å²) >= 11 is 3.17. The summed E-state index contributed by atoms with van der Waals surface area (Å²) in [5, 5.41) is 0. The number of benzene rings is 1. The van der Waals surface area contributed by atoms with Crippen molar-refractivity contribution in [2.45, 2.75) is 18.9 Å². The van der Waals surface area contributed by atoms with E-state index in [2.05, 4.69) is 15.9 Å². The third kappa shape index (κ3) is 5.29. The molecule has 0 fully saturated rings. The highest BCUT2D eigenvalue weighted by molar-refractivity contribution is 9.10. The quantitative estimate of drug-likeness (QED) is 0.619. The topological polar surface area (TPSA) is 72.5 Å². The molecular weight excluding hydrogens is 379 g/mol. The van der Waals surface area contributed by atoms with E-state index in [4.69, 9.17) is 4.74 Å². The first-order valence-electron chi connectivity index (χ1n) is 5.56. The molecule has 21 heavy (non-hydrogen) atoms. The Labute approximate surface area is 127 Å². The van der Waals surface area contributed by atoms with Crippen molar-refractivity contribution in [3.8, 4) is 5.75 Å². The van der Waals surface area contributed by atoms with Crippen LogP contribution in [0, 0.1) is 0 Å². The van der Waals surface area contributed by atoms with Crippen molar-refractivity contribution in [1.29, 1.82) is 0 Å². The maximum Gasteiger partial charge on any atom is 0.511 e. The standard InChI is InChI=1S/C11H11BrF3NO4S/c1-7(17)20-10-3-2-9(12)6-8(10)4-5-16-21(18,19)11(13,14)15/h2-3,6,16H,4-5H2,1H3. The molecule has 0 spiro atoms. The number of alkyl halides is 3. The summed E-state index contributed by atoms with van der Waals surface area (Å²) in [5.41, 5.74) is -4.97. The minimum Gasteiger partial charge on any atom is -0.426 e. The first-order chi connectivity index (χ1) is 9.53. The van der Waals surface area contributed by atoms with Gasteiger partial charge < -0.3 is 4.74 Å². The van der Waals surface area contributed by atoms with Gasteiger partial charge in [-0.3, -0.25) is 4.79 Å². The van der Waals surface area contributed by atoms with Crippen LogP contribution in [0.15, 0.2) is 22.7 Å². The molecule has 1 aromatic carbocycles. The van der Waals surface area contributed by atoms with Crippen molar-refractivity contribution >= 4 is 31.9 Å². The molecule has 0 saturated carbocycles. The van der Waals surface area contributed by atoms with E-state index in [0.717, 1.165) is 0 Å². The van der Waals surface area contributed by atoms with Crippen LogP contribution >= 0.6 is 15.9 Å². The lowest BCUT2D eigenvalue weighted by Crippen LogP contribution is -2.37. The zero-order valence-electron chi connectivity index (χ0n) is 10.7. The molecule has 0 radical (unpaired) electrons. The highest BCUT2D eigenvalue weighted by atomic mass is 79.9. The van der Waals surface area contributed by atoms with Gasteiger partial charge >= 0.3 is 21.5 Å². The number of nitrogens with one attached hydrogen (secondary N) is 1. The molecule has 0 heterocycles. The van der Waals surface area contributed by atoms with Crippen molar-refractivity contribution in [3.05, 3.63) is 28.2 Å². The Balaban J connectivity index is 2.80. The second-order valence-electron chi connectivity index (χ2n) is 3.94. The number of halogens is 4. The monoisotopic (exact) mass is 389 g/mol. The zero-order valence-corrected chi connectivity index (χ0v) is 13.1. The zero-order chi connectivity index (χ0) is 16.3. The van der Waals surface area contributed by atoms with Crippen LogP contribution in [0.4, 0.5) is 13.2 Å². The van der Waals surface area contributed by atoms with Crippen LogP contribution < -0.4 is 9.46 Å². The SMILES string of the molecule is CC(=O)Oc1ccc(Br)cc1CCNS(=O)(=O)C(F)(F)F. The molecule has 10 heteroatoms. The Bertz CT molecular complexity index is 631. The fraction of sp³-hybridized carbons (Fsp3) is 0.364. The fourth-order valence-corrected chi connectivity index (χ4v) is 2.34. The van der Waals surface area contributed by atoms with Crippen LogP contribution in [0.1, 0.15) is 12.5 Å². The molecule has 1 N–H and O–H groups in total. The molecule has 0 unspecified atom stereocenters. The van der Waals surface area contributed by atoms with E-state index in [0.29, 0.717) is 10.0 Å². The van der Waals surface area contributed by atoms with Crippen molar-refractivity contribution in [3.63, 3.8) is 0 Å². The molecular formula is C11H11BrF3NO4S. The van der Waals surface area contributed by atoms with Gasteiger partial charge in [-0.15, -0.1) is 0 Å². The normalized spacial score (nSPS) is 12.2. The third-order valence-corrected chi connectivity index (χ3v) is 3.95. The number of sulfonamides is 1. The number of carbonyl (C=O) groups is 1. The van der Waals surface area contributed by atoms with Crippen LogP contribution in [0.25, 0.3) is 0 Å². The van der Waals surface area contributed by atoms with Crippen molar-refractivity contribution in [1.82, 2.24) is 4.72 Å². The van der Waals surface area contributed by atoms with E-state index < -0.39 is 28.0 Å². The summed E-state index contributed by atoms with van der Waals surface area (Å²) in [7, 11) is -5.38. The second-order valence-corrected chi connectivity index (χ2v) is 6.61. The molecule has 0 aliphatic heterocycles. The number of ether oxygens (including phenoxy) is 1. The van der Waals surface area contributed by atoms with Gasteiger partial charge in [-0.1, -0.05) is 15.9 Å². The lowest BCUT2D eigenvalue weighted by molar-refractivity contribution is -0.131. The van der Waals surface area contributed by atoms with E-state index in [1.54, 1.807) is 6.07 Å². The summed E-state index contributed by atoms with van der Waals surface area (Å²) < 4.78 is 65.1. The molecule has 1 rings (SSSR count). The van der Waals surface area contributed by atoms with Crippen molar-refractivity contribution in [2.75, 3.05) is 6.54 Å². The lowest BCUT2D eigenvalue weighted by atomic mass is 10.1. The molecule has 0 aromatic heterocycles. The number of hydrogen-bond acceptors (Lipinski definition) is 4. The van der Waals surface area contributed by atoms with Gasteiger partial charge in [0.2, 0.25) is 0 Å². The number of esters is 1. The van der Waals surface area contributed by atoms with Gasteiger partial charge in [0.1, 0.15) is 5.75 Å². The van der Waals surface area contributed by atoms with E-state index in [9.17, 15) is 26.4 Å². The first-order valence-corrected chi connectivity index (χ1v) is 7.83. The maximum atomic E-state index is 12.1. The first kappa shape index (κ1) is 17.9. The van der Waals surface area contributed by atoms with Crippen LogP contribution in [-0.4, -0.2) is 26.4 Å². The van der Waals surface area contributed by atoms with Gasteiger partial charge in [0, 0.05) is 17.9 Å². The second kappa shape index (κ2) is 6.75. The lowest BCUT2D eigenvalue weighted by Gasteiger charge is -2.12. The highest BCUT2D eigenvalue weighted by Gasteiger charge is 2.45. The molecule has 1 aromatic rings. The van der Waals surface area contributed by atoms with E-state index in [1.165, 1.54) is 23.8 Å². The average molecular weight is 390 g/mol. The van der Waals surface area contributed by atoms with Gasteiger partial charge in [0.05, 0.1) is 0 Å². The molecule has 0 bridgehead atoms. The summed E-state index contributed by atoms with van der Waals surface area (Å²) in [6, 6.07) is 4.57. The van der Waals surface area contributed by atoms with Crippen LogP contribution in [0.5, 0.6) is 5.75 Å². The molecule has 0 aliphatic rings. The minimum absolute atomic E-state index is 0.0721. The highest BCUT2D eigenvalue weighted by Crippen LogP contribution is 2.25. The van der Waals surface area contributed by atoms with Gasteiger partial charge in [0.15, 0.2) is 0 Å². The summed E-state index contributed by atoms with van der Waals surface area (Å²) in [4.78, 5) is 10.9. The number of rotatable bonds is 5. The molecule has 5 nitrogen and oxygen atoms in total. The number of carbonyl (C=O) groups excluding carboxylic acids is 1. The molecule has 118 valence electrons. The van der Waals surface area contributed by atoms with E-state index in [-0.39, 0.29) is 12.2 Å². The smallest absolute Gasteiger partial charge is 0.426 e. The van der Waals surface area contributed by atoms with Crippen LogP contribution in [-0.2, 0) is 21.2 Å². The summed E-state index contributed by atoms with van der Waals surface area (Å²) in [5.74, 6) is -0.425. The Morgan fingerprint density at radius 3 is 2.52 bits per heavy atom. The van der Waals surface area contributed by atoms with E-state index >= 15 is 0 Å². The molecule has 0 saturated heterocycles. The molecule has 0 aliphatic carbocycles. The Morgan fingerprint density at radius 1 is 1.38 bits per heavy atom. The van der Waals surface area contributed by atoms with Gasteiger partial charge in [0.25, 0.3) is 0 Å². The van der Waals surface area contributed by atoms with Crippen molar-refractivity contribution < 1.29 is 31.1 Å². The minimum atomic E-state index is -5.38. The van der Waals surface area contributed by atoms with Gasteiger partial charge in [-0.05, 0) is 30.2 Å². The predicted molar refractivity (Wildman–Crippen MR) is 72.1 cm³/mol. The maximum absolute atomic E-state index is 12.1. The van der Waals surface area contributed by atoms with Gasteiger partial charge in [-0.2, -0.15) is 13.2 Å². The average Bonchev–Trinajstić information content (AvgIpc) is 2.30. The van der Waals surface area contributed by atoms with E-state index in [1.807, 2.05) is 0 Å². The van der Waals surface area contributed by atoms with Crippen LogP contribution in [0.2, 0.25) is 0 Å². The van der Waals surface area contributed by atoms with Crippen molar-refractivity contribution in [2.24, 2.45) is 0 Å². The molecule has 0 atom stereocenters. The summed E-state index contributed by atoms with van der Waals surface area (Å²) in [6.07, 6.45) is -0.0721. The largest absolute Gasteiger partial charge is 0.511 e. The summed E-state index contributed by atoms with van der Waals surface area (Å²) in [6.45, 7) is 0.699. The Morgan fingerprint density at radius 2 is 2.00 bits per heavy atom. The fourth-order valence-electron chi connectivity index (χ4n) is 1.40. The third-order valence-electron chi connectivity index (χ3n) is 2.27. The van der Waals surface area contributed by atoms with Crippen LogP contribution in [0.3, 0.4) is 0 Å². The number of hydrogen-bond donors (Lipinski definition) is 1.